The summed E-state index contributed by atoms with van der Waals surface area (Å²) in [6, 6.07) is 17.8. The Morgan fingerprint density at radius 1 is 1.07 bits per heavy atom. The molecule has 1 aliphatic rings. The van der Waals surface area contributed by atoms with Crippen LogP contribution in [0, 0.1) is 12.3 Å². The molecule has 1 atom stereocenters. The van der Waals surface area contributed by atoms with Gasteiger partial charge in [-0.15, -0.1) is 6.42 Å². The summed E-state index contributed by atoms with van der Waals surface area (Å²) >= 11 is 0. The molecule has 1 saturated heterocycles. The van der Waals surface area contributed by atoms with E-state index in [0.29, 0.717) is 47.3 Å². The average Bonchev–Trinajstić information content (AvgIpc) is 3.02. The third-order valence-electron chi connectivity index (χ3n) is 7.00. The van der Waals surface area contributed by atoms with Crippen LogP contribution in [0.5, 0.6) is 11.6 Å². The Balaban J connectivity index is 1.30. The molecule has 1 fully saturated rings. The van der Waals surface area contributed by atoms with Crippen molar-refractivity contribution in [1.82, 2.24) is 20.2 Å². The fourth-order valence-electron chi connectivity index (χ4n) is 5.02. The van der Waals surface area contributed by atoms with Gasteiger partial charge in [-0.3, -0.25) is 15.0 Å². The van der Waals surface area contributed by atoms with Gasteiger partial charge in [-0.2, -0.15) is 4.98 Å². The smallest absolute Gasteiger partial charge is 0.412 e. The summed E-state index contributed by atoms with van der Waals surface area (Å²) in [7, 11) is 0. The second kappa shape index (κ2) is 14.3. The van der Waals surface area contributed by atoms with Crippen molar-refractivity contribution in [2.45, 2.75) is 39.3 Å². The van der Waals surface area contributed by atoms with E-state index in [4.69, 9.17) is 20.6 Å². The molecule has 4 aromatic rings. The molecule has 46 heavy (non-hydrogen) atoms. The first kappa shape index (κ1) is 32.2. The zero-order valence-electron chi connectivity index (χ0n) is 26.4. The maximum absolute atomic E-state index is 13.1. The van der Waals surface area contributed by atoms with Gasteiger partial charge in [0.15, 0.2) is 0 Å². The molecular formula is C35H38N6O5. The van der Waals surface area contributed by atoms with Crippen molar-refractivity contribution in [2.24, 2.45) is 0 Å². The highest BCUT2D eigenvalue weighted by atomic mass is 16.6. The minimum absolute atomic E-state index is 0.0631. The molecule has 11 nitrogen and oxygen atoms in total. The Kier molecular flexibility index (Phi) is 10.0. The number of carbonyl (C=O) groups excluding carboxylic acids is 2. The standard InChI is InChI=1S/C35H38N6O5/c1-6-24-19-25(32(42)37-23(2)22-41-15-17-44-18-16-41)21-26(20-24)38-33-36-14-13-31(40-33)45-30-12-11-29(27-9-7-8-10-28(27)30)39-34(43)46-35(3,4)5/h1,7-14,19-21,23H,15-18,22H2,2-5H3,(H,37,42)(H,39,43)(H,36,38,40)/t23-/m1/s1. The monoisotopic (exact) mass is 622 g/mol. The summed E-state index contributed by atoms with van der Waals surface area (Å²) in [6.45, 7) is 11.2. The van der Waals surface area contributed by atoms with Gasteiger partial charge in [-0.25, -0.2) is 9.78 Å². The number of nitrogens with zero attached hydrogens (tertiary/aromatic N) is 3. The van der Waals surface area contributed by atoms with Gasteiger partial charge in [0.1, 0.15) is 11.4 Å². The zero-order valence-corrected chi connectivity index (χ0v) is 26.4. The fraction of sp³-hybridized carbons (Fsp3) is 0.314. The van der Waals surface area contributed by atoms with Gasteiger partial charge in [0, 0.05) is 65.5 Å². The second-order valence-electron chi connectivity index (χ2n) is 12.0. The lowest BCUT2D eigenvalue weighted by Gasteiger charge is -2.29. The number of benzene rings is 3. The Morgan fingerprint density at radius 2 is 1.83 bits per heavy atom. The predicted octanol–water partition coefficient (Wildman–Crippen LogP) is 5.94. The molecule has 1 aliphatic heterocycles. The van der Waals surface area contributed by atoms with Crippen molar-refractivity contribution in [3.63, 3.8) is 0 Å². The van der Waals surface area contributed by atoms with Crippen LogP contribution in [-0.2, 0) is 9.47 Å². The maximum Gasteiger partial charge on any atom is 0.412 e. The molecule has 0 aliphatic carbocycles. The number of aromatic nitrogens is 2. The van der Waals surface area contributed by atoms with Gasteiger partial charge in [-0.1, -0.05) is 30.2 Å². The van der Waals surface area contributed by atoms with Crippen LogP contribution in [0.1, 0.15) is 43.6 Å². The molecule has 2 heterocycles. The molecular weight excluding hydrogens is 584 g/mol. The molecule has 11 heteroatoms. The average molecular weight is 623 g/mol. The van der Waals surface area contributed by atoms with Crippen molar-refractivity contribution in [3.8, 4) is 24.0 Å². The van der Waals surface area contributed by atoms with E-state index in [1.165, 1.54) is 0 Å². The molecule has 2 amide bonds. The summed E-state index contributed by atoms with van der Waals surface area (Å²) in [6.07, 6.45) is 6.74. The predicted molar refractivity (Wildman–Crippen MR) is 178 cm³/mol. The highest BCUT2D eigenvalue weighted by molar-refractivity contribution is 6.03. The van der Waals surface area contributed by atoms with E-state index in [9.17, 15) is 9.59 Å². The molecule has 0 spiro atoms. The lowest BCUT2D eigenvalue weighted by atomic mass is 10.1. The lowest BCUT2D eigenvalue weighted by molar-refractivity contribution is 0.0342. The third-order valence-corrected chi connectivity index (χ3v) is 7.00. The van der Waals surface area contributed by atoms with Crippen LogP contribution in [0.25, 0.3) is 10.8 Å². The molecule has 0 unspecified atom stereocenters. The minimum atomic E-state index is -0.625. The van der Waals surface area contributed by atoms with Crippen LogP contribution in [-0.4, -0.2) is 71.4 Å². The summed E-state index contributed by atoms with van der Waals surface area (Å²) in [5.74, 6) is 3.47. The van der Waals surface area contributed by atoms with Gasteiger partial charge in [0.25, 0.3) is 5.91 Å². The molecule has 238 valence electrons. The maximum atomic E-state index is 13.1. The number of morpholine rings is 1. The molecule has 5 rings (SSSR count). The summed E-state index contributed by atoms with van der Waals surface area (Å²) in [5.41, 5.74) is 1.48. The van der Waals surface area contributed by atoms with E-state index in [1.54, 1.807) is 42.6 Å². The second-order valence-corrected chi connectivity index (χ2v) is 12.0. The topological polar surface area (TPSA) is 127 Å². The Morgan fingerprint density at radius 3 is 2.57 bits per heavy atom. The van der Waals surface area contributed by atoms with Crippen LogP contribution in [0.3, 0.4) is 0 Å². The number of amides is 2. The molecule has 0 saturated carbocycles. The number of anilines is 3. The highest BCUT2D eigenvalue weighted by Gasteiger charge is 2.19. The quantitative estimate of drug-likeness (QED) is 0.194. The fourth-order valence-corrected chi connectivity index (χ4v) is 5.02. The van der Waals surface area contributed by atoms with Crippen LogP contribution < -0.4 is 20.7 Å². The molecule has 3 N–H and O–H groups in total. The third kappa shape index (κ3) is 8.72. The van der Waals surface area contributed by atoms with Gasteiger partial charge >= 0.3 is 6.09 Å². The molecule has 0 bridgehead atoms. The zero-order chi connectivity index (χ0) is 32.7. The summed E-state index contributed by atoms with van der Waals surface area (Å²) in [4.78, 5) is 36.7. The van der Waals surface area contributed by atoms with Crippen molar-refractivity contribution in [3.05, 3.63) is 78.0 Å². The Hall–Kier alpha value is -5.18. The first-order chi connectivity index (χ1) is 22.1. The van der Waals surface area contributed by atoms with E-state index in [1.807, 2.05) is 52.0 Å². The van der Waals surface area contributed by atoms with Gasteiger partial charge in [-0.05, 0) is 58.0 Å². The molecule has 3 aromatic carbocycles. The van der Waals surface area contributed by atoms with Crippen molar-refractivity contribution in [2.75, 3.05) is 43.5 Å². The van der Waals surface area contributed by atoms with Gasteiger partial charge < -0.3 is 24.8 Å². The van der Waals surface area contributed by atoms with E-state index in [2.05, 4.69) is 36.7 Å². The largest absolute Gasteiger partial charge is 0.444 e. The lowest BCUT2D eigenvalue weighted by Crippen LogP contribution is -2.46. The summed E-state index contributed by atoms with van der Waals surface area (Å²) < 4.78 is 17.0. The first-order valence-electron chi connectivity index (χ1n) is 15.1. The van der Waals surface area contributed by atoms with Crippen molar-refractivity contribution >= 4 is 40.1 Å². The number of hydrogen-bond donors (Lipinski definition) is 3. The molecule has 0 radical (unpaired) electrons. The van der Waals surface area contributed by atoms with E-state index in [0.717, 1.165) is 30.4 Å². The van der Waals surface area contributed by atoms with E-state index >= 15 is 0 Å². The normalized spacial score (nSPS) is 14.2. The number of ether oxygens (including phenoxy) is 3. The van der Waals surface area contributed by atoms with Crippen molar-refractivity contribution in [1.29, 1.82) is 0 Å². The van der Waals surface area contributed by atoms with Crippen LogP contribution in [0.2, 0.25) is 0 Å². The number of fused-ring (bicyclic) bond motifs is 1. The van der Waals surface area contributed by atoms with Crippen LogP contribution >= 0.6 is 0 Å². The molecule has 1 aromatic heterocycles. The number of carbonyl (C=O) groups is 2. The number of hydrogen-bond acceptors (Lipinski definition) is 9. The Labute approximate surface area is 268 Å². The summed E-state index contributed by atoms with van der Waals surface area (Å²) in [5, 5.41) is 10.6. The number of nitrogens with one attached hydrogen (secondary N) is 3. The minimum Gasteiger partial charge on any atom is -0.444 e. The Bertz CT molecular complexity index is 1760. The van der Waals surface area contributed by atoms with E-state index < -0.39 is 11.7 Å². The van der Waals surface area contributed by atoms with Gasteiger partial charge in [0.2, 0.25) is 11.8 Å². The first-order valence-corrected chi connectivity index (χ1v) is 15.1. The SMILES string of the molecule is C#Cc1cc(Nc2nccc(Oc3ccc(NC(=O)OC(C)(C)C)c4ccccc34)n2)cc(C(=O)N[C@H](C)CN2CCOCC2)c1. The van der Waals surface area contributed by atoms with Crippen LogP contribution in [0.15, 0.2) is 66.9 Å². The number of terminal acetylenes is 1. The van der Waals surface area contributed by atoms with Crippen LogP contribution in [0.4, 0.5) is 22.1 Å². The highest BCUT2D eigenvalue weighted by Crippen LogP contribution is 2.34. The number of rotatable bonds is 9. The van der Waals surface area contributed by atoms with Crippen molar-refractivity contribution < 1.29 is 23.8 Å². The van der Waals surface area contributed by atoms with Gasteiger partial charge in [0.05, 0.1) is 18.9 Å². The van der Waals surface area contributed by atoms with E-state index in [-0.39, 0.29) is 17.9 Å².